The number of nitrogens with zero attached hydrogens (tertiary/aromatic N) is 11. The number of halogens is 9. The van der Waals surface area contributed by atoms with E-state index >= 15 is 0 Å². The number of rotatable bonds is 9. The molecule has 9 aromatic rings. The second-order valence-electron chi connectivity index (χ2n) is 31.2. The highest BCUT2D eigenvalue weighted by Crippen LogP contribution is 2.33. The third kappa shape index (κ3) is 35.8. The zero-order valence-electron chi connectivity index (χ0n) is 73.7. The highest BCUT2D eigenvalue weighted by molar-refractivity contribution is 5.94. The number of carbonyl (C=O) groups is 5. The van der Waals surface area contributed by atoms with Crippen molar-refractivity contribution in [3.63, 3.8) is 0 Å². The number of fused-ring (bicyclic) bond motifs is 33. The lowest BCUT2D eigenvalue weighted by molar-refractivity contribution is -0.155. The van der Waals surface area contributed by atoms with E-state index in [1.807, 2.05) is 36.4 Å². The number of aromatic nitrogens is 9. The third-order valence-electron chi connectivity index (χ3n) is 18.0. The smallest absolute Gasteiger partial charge is 0.422 e. The standard InChI is InChI=1S/C31H37F3N6O7.C30H35F3N6O7.C26H29F3N6O5/c1-30(2,3)47-29(42)40-13-5-15-44-22-10-7-20(8-11-22)18-35-26-37-27(39-28(38-26)46-19-31(32,33)34)36-21-9-12-23(25(41)43-4)24(17-21)45-16-6-14-40;1-29(2,3)46-28(42)39-12-4-14-43-21-9-6-19(7-10-21)17-34-25-36-26(38-27(37-25)45-18-30(31,32)33)35-20-8-11-22(24(40)41)23(16-20)44-15-5-13-39;1-37-22(36)20-9-6-18-14-21(20)39-13-3-11-30-10-2-12-38-19-7-4-17(5-8-19)15-31-23-33-24(32-18)35-25(34-23)40-16-26(27,28)29/h7-12,17H,5-6,13-16,18-19H2,1-4H3,(H2,35,36,37,38,39);6-11,16H,4-5,12-15,17-18H2,1-3H3,(H,40,41)(H2,34,35,36,37,38);4-9,14,30H,2-3,10-13,15-16H2,1H3,(H2,31,32,33,34,35). The van der Waals surface area contributed by atoms with E-state index in [1.54, 1.807) is 99.9 Å². The van der Waals surface area contributed by atoms with Crippen molar-refractivity contribution >= 4 is 82.8 Å². The molecule has 0 saturated carbocycles. The Morgan fingerprint density at radius 1 is 0.368 bits per heavy atom. The monoisotopic (exact) mass is 1870 g/mol. The fraction of sp³-hybridized carbons (Fsp3) is 0.425. The Kier molecular flexibility index (Phi) is 36.3. The molecule has 6 aliphatic rings. The molecule has 18 bridgehead atoms. The average Bonchev–Trinajstić information content (AvgIpc) is 0.829. The first-order valence-corrected chi connectivity index (χ1v) is 41.7. The van der Waals surface area contributed by atoms with Gasteiger partial charge in [-0.15, -0.1) is 0 Å². The quantitative estimate of drug-likeness (QED) is 0.0378. The van der Waals surface area contributed by atoms with Crippen LogP contribution in [0.4, 0.5) is 102 Å². The van der Waals surface area contributed by atoms with Crippen LogP contribution in [0, 0.1) is 0 Å². The fourth-order valence-electron chi connectivity index (χ4n) is 11.9. The predicted molar refractivity (Wildman–Crippen MR) is 463 cm³/mol. The van der Waals surface area contributed by atoms with Crippen molar-refractivity contribution in [2.24, 2.45) is 0 Å². The van der Waals surface area contributed by atoms with E-state index in [2.05, 4.69) is 82.1 Å². The van der Waals surface area contributed by atoms with Crippen LogP contribution in [0.1, 0.15) is 128 Å². The van der Waals surface area contributed by atoms with Gasteiger partial charge in [0, 0.05) is 81.1 Å². The molecule has 6 aliphatic heterocycles. The van der Waals surface area contributed by atoms with Gasteiger partial charge in [-0.1, -0.05) is 36.4 Å². The molecule has 0 radical (unpaired) electrons. The van der Waals surface area contributed by atoms with Crippen molar-refractivity contribution in [2.75, 3.05) is 145 Å². The van der Waals surface area contributed by atoms with Gasteiger partial charge in [0.2, 0.25) is 35.7 Å². The normalized spacial score (nSPS) is 14.7. The minimum absolute atomic E-state index is 0.00713. The lowest BCUT2D eigenvalue weighted by Crippen LogP contribution is -2.38. The maximum Gasteiger partial charge on any atom is 0.422 e. The Balaban J connectivity index is 0.000000207. The number of carbonyl (C=O) groups excluding carboxylic acids is 4. The minimum Gasteiger partial charge on any atom is -0.494 e. The first kappa shape index (κ1) is 101. The Bertz CT molecular complexity index is 5320. The molecule has 37 nitrogen and oxygen atoms in total. The summed E-state index contributed by atoms with van der Waals surface area (Å²) in [6.45, 7) is 11.1. The van der Waals surface area contributed by atoms with Gasteiger partial charge in [0.1, 0.15) is 62.4 Å². The number of carboxylic acid groups (broad SMARTS) is 1. The van der Waals surface area contributed by atoms with Crippen LogP contribution < -0.4 is 79.8 Å². The minimum atomic E-state index is -4.62. The molecule has 0 unspecified atom stereocenters. The molecule has 133 heavy (non-hydrogen) atoms. The van der Waals surface area contributed by atoms with E-state index in [0.717, 1.165) is 35.4 Å². The van der Waals surface area contributed by atoms with Crippen LogP contribution in [0.3, 0.4) is 0 Å². The Morgan fingerprint density at radius 3 is 0.940 bits per heavy atom. The Morgan fingerprint density at radius 2 is 0.647 bits per heavy atom. The molecule has 9 heterocycles. The molecule has 0 spiro atoms. The summed E-state index contributed by atoms with van der Waals surface area (Å²) in [6.07, 6.45) is -11.5. The summed E-state index contributed by atoms with van der Waals surface area (Å²) in [5.41, 5.74) is 2.35. The molecule has 15 rings (SSSR count). The van der Waals surface area contributed by atoms with Crippen LogP contribution in [0.15, 0.2) is 127 Å². The van der Waals surface area contributed by atoms with Crippen LogP contribution >= 0.6 is 0 Å². The average molecular weight is 1870 g/mol. The van der Waals surface area contributed by atoms with E-state index in [9.17, 15) is 68.6 Å². The Hall–Kier alpha value is -14.4. The lowest BCUT2D eigenvalue weighted by atomic mass is 10.2. The number of nitrogens with one attached hydrogen (secondary N) is 7. The molecule has 2 amide bonds. The van der Waals surface area contributed by atoms with Gasteiger partial charge in [0.25, 0.3) is 0 Å². The van der Waals surface area contributed by atoms with Gasteiger partial charge in [-0.05, 0) is 183 Å². The van der Waals surface area contributed by atoms with Crippen LogP contribution in [-0.4, -0.2) is 233 Å². The number of carboxylic acids is 1. The van der Waals surface area contributed by atoms with Crippen molar-refractivity contribution in [3.8, 4) is 52.5 Å². The maximum absolute atomic E-state index is 12.9. The van der Waals surface area contributed by atoms with Gasteiger partial charge in [0.15, 0.2) is 19.8 Å². The number of ether oxygens (including phenoxy) is 13. The molecule has 6 aromatic carbocycles. The van der Waals surface area contributed by atoms with Crippen LogP contribution in [0.2, 0.25) is 0 Å². The van der Waals surface area contributed by atoms with E-state index < -0.39 is 97.7 Å². The number of alkyl halides is 9. The number of hydrogen-bond acceptors (Lipinski definition) is 34. The Labute approximate surface area is 757 Å². The summed E-state index contributed by atoms with van der Waals surface area (Å²) in [6, 6.07) is 33.3. The summed E-state index contributed by atoms with van der Waals surface area (Å²) in [5.74, 6) is -0.581. The van der Waals surface area contributed by atoms with E-state index in [0.29, 0.717) is 108 Å². The van der Waals surface area contributed by atoms with Gasteiger partial charge in [0.05, 0.1) is 53.9 Å². The van der Waals surface area contributed by atoms with Gasteiger partial charge in [-0.3, -0.25) is 0 Å². The summed E-state index contributed by atoms with van der Waals surface area (Å²) < 4.78 is 186. The zero-order valence-corrected chi connectivity index (χ0v) is 73.7. The molecule has 0 fully saturated rings. The van der Waals surface area contributed by atoms with Crippen molar-refractivity contribution in [3.05, 3.63) is 161 Å². The van der Waals surface area contributed by atoms with E-state index in [1.165, 1.54) is 56.7 Å². The summed E-state index contributed by atoms with van der Waals surface area (Å²) in [5, 5.41) is 30.6. The molecule has 46 heteroatoms. The first-order valence-electron chi connectivity index (χ1n) is 41.7. The topological polar surface area (TPSA) is 432 Å². The highest BCUT2D eigenvalue weighted by atomic mass is 19.4. The van der Waals surface area contributed by atoms with Crippen LogP contribution in [-0.2, 0) is 38.6 Å². The molecular formula is C87H101F9N18O19. The number of esters is 2. The molecule has 8 N–H and O–H groups in total. The summed E-state index contributed by atoms with van der Waals surface area (Å²) in [7, 11) is 2.50. The largest absolute Gasteiger partial charge is 0.494 e. The SMILES string of the molecule is CC(C)(C)OC(=O)N1CCCOc2ccc(cc2)CNc2nc(nc(OCC(F)(F)F)n2)Nc2ccc(C(=O)O)c(c2)OCCC1.COC(=O)c1ccc2cc1OCCCN(C(=O)OC(C)(C)C)CCCOc1ccc(cc1)CNc1nc(nc(OCC(F)(F)F)n1)N2.COC(=O)c1ccc2cc1OCCCNCCCOc1ccc(cc1)CNc1nc(nc(OCC(F)(F)F)n1)N2. The zero-order chi connectivity index (χ0) is 95.7. The van der Waals surface area contributed by atoms with Crippen molar-refractivity contribution in [1.29, 1.82) is 0 Å². The number of benzene rings is 6. The summed E-state index contributed by atoms with van der Waals surface area (Å²) in [4.78, 5) is 102. The van der Waals surface area contributed by atoms with Gasteiger partial charge < -0.3 is 114 Å². The molecule has 3 aromatic heterocycles. The van der Waals surface area contributed by atoms with Gasteiger partial charge >= 0.3 is 66.7 Å². The maximum atomic E-state index is 12.9. The summed E-state index contributed by atoms with van der Waals surface area (Å²) >= 11 is 0. The number of methoxy groups -OCH3 is 2. The highest BCUT2D eigenvalue weighted by Gasteiger charge is 2.33. The van der Waals surface area contributed by atoms with Crippen molar-refractivity contribution < 1.29 is 130 Å². The van der Waals surface area contributed by atoms with E-state index in [-0.39, 0.29) is 115 Å². The van der Waals surface area contributed by atoms with Gasteiger partial charge in [-0.25, -0.2) is 24.0 Å². The van der Waals surface area contributed by atoms with E-state index in [4.69, 9.17) is 61.6 Å². The van der Waals surface area contributed by atoms with Crippen LogP contribution in [0.5, 0.6) is 52.5 Å². The van der Waals surface area contributed by atoms with Crippen molar-refractivity contribution in [1.82, 2.24) is 60.0 Å². The predicted octanol–water partition coefficient (Wildman–Crippen LogP) is 15.5. The third-order valence-corrected chi connectivity index (χ3v) is 18.0. The van der Waals surface area contributed by atoms with Gasteiger partial charge in [-0.2, -0.15) is 84.4 Å². The number of hydrogen-bond donors (Lipinski definition) is 8. The number of anilines is 9. The fourth-order valence-corrected chi connectivity index (χ4v) is 11.9. The molecule has 0 saturated heterocycles. The molecule has 716 valence electrons. The molecule has 0 atom stereocenters. The molecular weight excluding hydrogens is 1770 g/mol. The van der Waals surface area contributed by atoms with Crippen molar-refractivity contribution in [2.45, 2.75) is 129 Å². The number of amides is 2. The number of aromatic carboxylic acids is 1. The second kappa shape index (κ2) is 48.0. The first-order chi connectivity index (χ1) is 63.3. The second-order valence-corrected chi connectivity index (χ2v) is 31.2. The lowest BCUT2D eigenvalue weighted by Gasteiger charge is -2.27. The van der Waals surface area contributed by atoms with Crippen LogP contribution in [0.25, 0.3) is 0 Å². The molecule has 0 aliphatic carbocycles.